The Labute approximate surface area is 159 Å². The first kappa shape index (κ1) is 20.5. The molecule has 2 rings (SSSR count). The number of nitrogens with one attached hydrogen (secondary N) is 1. The van der Waals surface area contributed by atoms with Crippen LogP contribution in [0.25, 0.3) is 11.3 Å². The van der Waals surface area contributed by atoms with Gasteiger partial charge >= 0.3 is 0 Å². The largest absolute Gasteiger partial charge is 0.301 e. The van der Waals surface area contributed by atoms with Gasteiger partial charge in [0, 0.05) is 24.0 Å². The van der Waals surface area contributed by atoms with Gasteiger partial charge < -0.3 is 5.32 Å². The molecule has 0 saturated heterocycles. The molecule has 0 aliphatic heterocycles. The summed E-state index contributed by atoms with van der Waals surface area (Å²) in [5, 5.41) is 5.14. The maximum absolute atomic E-state index is 12.5. The molecule has 0 spiro atoms. The highest BCUT2D eigenvalue weighted by atomic mass is 32.2. The predicted molar refractivity (Wildman–Crippen MR) is 105 cm³/mol. The van der Waals surface area contributed by atoms with Crippen molar-refractivity contribution in [2.24, 2.45) is 0 Å². The zero-order chi connectivity index (χ0) is 19.3. The van der Waals surface area contributed by atoms with E-state index in [0.29, 0.717) is 30.3 Å². The van der Waals surface area contributed by atoms with Gasteiger partial charge in [0.15, 0.2) is 5.13 Å². The molecule has 0 bridgehead atoms. The quantitative estimate of drug-likeness (QED) is 0.739. The second-order valence-electron chi connectivity index (χ2n) is 5.74. The maximum Gasteiger partial charge on any atom is 0.243 e. The van der Waals surface area contributed by atoms with E-state index in [2.05, 4.69) is 10.3 Å². The van der Waals surface area contributed by atoms with Crippen LogP contribution in [0.4, 0.5) is 5.13 Å². The van der Waals surface area contributed by atoms with Gasteiger partial charge in [0.25, 0.3) is 0 Å². The number of benzene rings is 1. The van der Waals surface area contributed by atoms with Crippen molar-refractivity contribution >= 4 is 32.4 Å². The molecular weight excluding hydrogens is 370 g/mol. The minimum Gasteiger partial charge on any atom is -0.301 e. The number of aromatic nitrogens is 1. The van der Waals surface area contributed by atoms with Crippen LogP contribution in [0.3, 0.4) is 0 Å². The van der Waals surface area contributed by atoms with Crippen LogP contribution >= 0.6 is 11.3 Å². The summed E-state index contributed by atoms with van der Waals surface area (Å²) in [6, 6.07) is 6.66. The zero-order valence-electron chi connectivity index (χ0n) is 15.4. The molecule has 0 aliphatic rings. The van der Waals surface area contributed by atoms with Gasteiger partial charge in [-0.1, -0.05) is 32.9 Å². The SMILES string of the molecule is CC[C](C)C(=O)Nc1nc(-c2ccc(S(=O)(=O)N(CC)CC)cc2)cs1. The summed E-state index contributed by atoms with van der Waals surface area (Å²) in [7, 11) is -3.47. The van der Waals surface area contributed by atoms with Crippen LogP contribution in [-0.2, 0) is 14.8 Å². The maximum atomic E-state index is 12.5. The molecule has 0 saturated carbocycles. The van der Waals surface area contributed by atoms with Crippen molar-refractivity contribution in [3.05, 3.63) is 35.6 Å². The van der Waals surface area contributed by atoms with Crippen LogP contribution in [0.5, 0.6) is 0 Å². The van der Waals surface area contributed by atoms with E-state index in [9.17, 15) is 13.2 Å². The highest BCUT2D eigenvalue weighted by Crippen LogP contribution is 2.27. The van der Waals surface area contributed by atoms with Crippen LogP contribution in [0.15, 0.2) is 34.5 Å². The third-order valence-electron chi connectivity index (χ3n) is 4.14. The molecule has 1 amide bonds. The Morgan fingerprint density at radius 3 is 2.31 bits per heavy atom. The van der Waals surface area contributed by atoms with E-state index in [-0.39, 0.29) is 10.8 Å². The number of anilines is 1. The molecule has 0 unspecified atom stereocenters. The molecule has 1 heterocycles. The number of carbonyl (C=O) groups excluding carboxylic acids is 1. The second-order valence-corrected chi connectivity index (χ2v) is 8.54. The Hall–Kier alpha value is -1.77. The van der Waals surface area contributed by atoms with E-state index < -0.39 is 10.0 Å². The summed E-state index contributed by atoms with van der Waals surface area (Å²) in [5.74, 6) is 0.613. The third kappa shape index (κ3) is 4.49. The van der Waals surface area contributed by atoms with Gasteiger partial charge in [0.2, 0.25) is 15.9 Å². The van der Waals surface area contributed by atoms with Gasteiger partial charge in [-0.15, -0.1) is 11.3 Å². The van der Waals surface area contributed by atoms with Crippen LogP contribution in [0.1, 0.15) is 34.1 Å². The van der Waals surface area contributed by atoms with E-state index in [0.717, 1.165) is 11.5 Å². The Morgan fingerprint density at radius 1 is 1.15 bits per heavy atom. The third-order valence-corrected chi connectivity index (χ3v) is 6.96. The van der Waals surface area contributed by atoms with Crippen LogP contribution in [-0.4, -0.2) is 36.7 Å². The van der Waals surface area contributed by atoms with Crippen LogP contribution in [0, 0.1) is 5.92 Å². The summed E-state index contributed by atoms with van der Waals surface area (Å²) < 4.78 is 26.5. The minimum absolute atomic E-state index is 0.130. The van der Waals surface area contributed by atoms with Gasteiger partial charge in [0.1, 0.15) is 0 Å². The molecule has 0 fully saturated rings. The highest BCUT2D eigenvalue weighted by Gasteiger charge is 2.21. The summed E-state index contributed by atoms with van der Waals surface area (Å²) in [6.07, 6.45) is 0.687. The zero-order valence-corrected chi connectivity index (χ0v) is 17.1. The van der Waals surface area contributed by atoms with Crippen molar-refractivity contribution in [2.45, 2.75) is 39.0 Å². The summed E-state index contributed by atoms with van der Waals surface area (Å²) in [5.41, 5.74) is 1.50. The number of amides is 1. The summed E-state index contributed by atoms with van der Waals surface area (Å²) in [6.45, 7) is 8.22. The molecule has 26 heavy (non-hydrogen) atoms. The smallest absolute Gasteiger partial charge is 0.243 e. The van der Waals surface area contributed by atoms with E-state index in [1.165, 1.54) is 15.6 Å². The van der Waals surface area contributed by atoms with Crippen molar-refractivity contribution in [1.29, 1.82) is 0 Å². The fourth-order valence-corrected chi connectivity index (χ4v) is 4.51. The number of nitrogens with zero attached hydrogens (tertiary/aromatic N) is 2. The Kier molecular flexibility index (Phi) is 6.91. The van der Waals surface area contributed by atoms with Crippen LogP contribution in [0.2, 0.25) is 0 Å². The highest BCUT2D eigenvalue weighted by molar-refractivity contribution is 7.89. The average molecular weight is 395 g/mol. The number of hydrogen-bond acceptors (Lipinski definition) is 5. The van der Waals surface area contributed by atoms with E-state index in [4.69, 9.17) is 0 Å². The van der Waals surface area contributed by atoms with Gasteiger partial charge in [-0.3, -0.25) is 4.79 Å². The van der Waals surface area contributed by atoms with Gasteiger partial charge in [0.05, 0.1) is 16.5 Å². The Morgan fingerprint density at radius 2 is 1.77 bits per heavy atom. The first-order chi connectivity index (χ1) is 12.3. The molecule has 0 aliphatic carbocycles. The summed E-state index contributed by atoms with van der Waals surface area (Å²) >= 11 is 1.34. The topological polar surface area (TPSA) is 79.4 Å². The number of hydrogen-bond donors (Lipinski definition) is 1. The fraction of sp³-hybridized carbons (Fsp3) is 0.389. The lowest BCUT2D eigenvalue weighted by Crippen LogP contribution is -2.30. The molecule has 8 heteroatoms. The normalized spacial score (nSPS) is 11.9. The van der Waals surface area contributed by atoms with Crippen molar-refractivity contribution < 1.29 is 13.2 Å². The molecule has 2 aromatic rings. The number of rotatable bonds is 8. The molecule has 1 aromatic carbocycles. The predicted octanol–water partition coefficient (Wildman–Crippen LogP) is 3.78. The monoisotopic (exact) mass is 394 g/mol. The standard InChI is InChI=1S/C18H24N3O3S2/c1-5-13(4)17(22)20-18-19-16(12-25-18)14-8-10-15(11-9-14)26(23,24)21(6-2)7-3/h8-12H,5-7H2,1-4H3,(H,19,20,22). The second kappa shape index (κ2) is 8.75. The van der Waals surface area contributed by atoms with Crippen LogP contribution < -0.4 is 5.32 Å². The van der Waals surface area contributed by atoms with E-state index in [1.54, 1.807) is 31.2 Å². The Bertz CT molecular complexity index is 841. The minimum atomic E-state index is -3.47. The van der Waals surface area contributed by atoms with Crippen molar-refractivity contribution in [3.8, 4) is 11.3 Å². The first-order valence-corrected chi connectivity index (χ1v) is 10.8. The van der Waals surface area contributed by atoms with Crippen molar-refractivity contribution in [3.63, 3.8) is 0 Å². The number of thiazole rings is 1. The molecule has 141 valence electrons. The Balaban J connectivity index is 2.18. The average Bonchev–Trinajstić information content (AvgIpc) is 3.10. The molecule has 6 nitrogen and oxygen atoms in total. The molecular formula is C18H24N3O3S2. The molecule has 1 N–H and O–H groups in total. The molecule has 1 radical (unpaired) electrons. The molecule has 0 atom stereocenters. The van der Waals surface area contributed by atoms with Gasteiger partial charge in [-0.25, -0.2) is 13.4 Å². The van der Waals surface area contributed by atoms with E-state index in [1.807, 2.05) is 26.2 Å². The van der Waals surface area contributed by atoms with E-state index >= 15 is 0 Å². The number of carbonyl (C=O) groups is 1. The lowest BCUT2D eigenvalue weighted by Gasteiger charge is -2.18. The first-order valence-electron chi connectivity index (χ1n) is 8.53. The van der Waals surface area contributed by atoms with Crippen molar-refractivity contribution in [2.75, 3.05) is 18.4 Å². The summed E-state index contributed by atoms with van der Waals surface area (Å²) in [4.78, 5) is 16.6. The van der Waals surface area contributed by atoms with Gasteiger partial charge in [-0.2, -0.15) is 4.31 Å². The molecule has 1 aromatic heterocycles. The van der Waals surface area contributed by atoms with Crippen molar-refractivity contribution in [1.82, 2.24) is 9.29 Å². The fourth-order valence-electron chi connectivity index (χ4n) is 2.34. The van der Waals surface area contributed by atoms with Gasteiger partial charge in [-0.05, 0) is 25.5 Å². The lowest BCUT2D eigenvalue weighted by molar-refractivity contribution is -0.114. The number of sulfonamides is 1. The lowest BCUT2D eigenvalue weighted by atomic mass is 10.1.